The van der Waals surface area contributed by atoms with Crippen molar-refractivity contribution in [1.82, 2.24) is 4.98 Å². The van der Waals surface area contributed by atoms with Gasteiger partial charge in [0.05, 0.1) is 12.0 Å². The number of carbonyl (C=O) groups is 1. The molecule has 5 nitrogen and oxygen atoms in total. The van der Waals surface area contributed by atoms with E-state index in [1.54, 1.807) is 31.5 Å². The van der Waals surface area contributed by atoms with Crippen molar-refractivity contribution >= 4 is 29.3 Å². The number of esters is 1. The highest BCUT2D eigenvalue weighted by Crippen LogP contribution is 2.21. The molecule has 0 radical (unpaired) electrons. The Morgan fingerprint density at radius 1 is 1.35 bits per heavy atom. The highest BCUT2D eigenvalue weighted by atomic mass is 32.1. The average molecular weight is 286 g/mol. The second kappa shape index (κ2) is 5.26. The summed E-state index contributed by atoms with van der Waals surface area (Å²) in [5, 5.41) is 1.90. The van der Waals surface area contributed by atoms with Gasteiger partial charge in [0, 0.05) is 12.3 Å². The first-order valence-corrected chi connectivity index (χ1v) is 6.71. The summed E-state index contributed by atoms with van der Waals surface area (Å²) in [6.07, 6.45) is 3.24. The summed E-state index contributed by atoms with van der Waals surface area (Å²) in [6.45, 7) is 0. The van der Waals surface area contributed by atoms with E-state index in [-0.39, 0.29) is 5.70 Å². The van der Waals surface area contributed by atoms with Gasteiger partial charge < -0.3 is 9.47 Å². The molecule has 3 heterocycles. The number of aromatic nitrogens is 1. The zero-order valence-corrected chi connectivity index (χ0v) is 11.4. The van der Waals surface area contributed by atoms with Crippen molar-refractivity contribution in [3.8, 4) is 5.88 Å². The molecular weight excluding hydrogens is 276 g/mol. The van der Waals surface area contributed by atoms with Gasteiger partial charge in [0.2, 0.25) is 11.8 Å². The first-order valence-electron chi connectivity index (χ1n) is 5.83. The number of hydrogen-bond acceptors (Lipinski definition) is 6. The van der Waals surface area contributed by atoms with E-state index in [0.717, 1.165) is 10.4 Å². The number of hydrogen-bond donors (Lipinski definition) is 0. The molecule has 0 atom stereocenters. The maximum absolute atomic E-state index is 11.8. The van der Waals surface area contributed by atoms with Crippen LogP contribution in [0.2, 0.25) is 0 Å². The van der Waals surface area contributed by atoms with E-state index >= 15 is 0 Å². The minimum atomic E-state index is -0.454. The number of aliphatic imine (C=N–C) groups is 1. The molecule has 1 aliphatic heterocycles. The Bertz CT molecular complexity index is 688. The summed E-state index contributed by atoms with van der Waals surface area (Å²) in [5.41, 5.74) is 1.02. The number of rotatable bonds is 3. The first-order chi connectivity index (χ1) is 9.76. The van der Waals surface area contributed by atoms with Gasteiger partial charge in [-0.2, -0.15) is 0 Å². The van der Waals surface area contributed by atoms with Gasteiger partial charge in [-0.3, -0.25) is 0 Å². The third-order valence-electron chi connectivity index (χ3n) is 2.62. The fourth-order valence-electron chi connectivity index (χ4n) is 1.67. The van der Waals surface area contributed by atoms with Gasteiger partial charge in [-0.1, -0.05) is 6.07 Å². The molecule has 0 aromatic carbocycles. The summed E-state index contributed by atoms with van der Waals surface area (Å²) in [4.78, 5) is 20.9. The van der Waals surface area contributed by atoms with Crippen molar-refractivity contribution in [2.45, 2.75) is 0 Å². The van der Waals surface area contributed by atoms with Crippen LogP contribution in [0.1, 0.15) is 10.4 Å². The van der Waals surface area contributed by atoms with Crippen LogP contribution in [-0.2, 0) is 9.53 Å². The first kappa shape index (κ1) is 12.6. The summed E-state index contributed by atoms with van der Waals surface area (Å²) >= 11 is 1.47. The number of nitrogens with zero attached hydrogens (tertiary/aromatic N) is 2. The molecule has 0 bridgehead atoms. The monoisotopic (exact) mass is 286 g/mol. The van der Waals surface area contributed by atoms with E-state index in [0.29, 0.717) is 11.8 Å². The number of carbonyl (C=O) groups excluding carboxylic acids is 1. The van der Waals surface area contributed by atoms with Crippen molar-refractivity contribution in [3.63, 3.8) is 0 Å². The van der Waals surface area contributed by atoms with Crippen LogP contribution in [0.25, 0.3) is 6.08 Å². The summed E-state index contributed by atoms with van der Waals surface area (Å²) in [7, 11) is 1.55. The topological polar surface area (TPSA) is 60.8 Å². The number of thiophene rings is 1. The van der Waals surface area contributed by atoms with E-state index in [9.17, 15) is 4.79 Å². The lowest BCUT2D eigenvalue weighted by Gasteiger charge is -1.97. The molecule has 0 unspecified atom stereocenters. The normalized spacial score (nSPS) is 16.1. The molecule has 2 aromatic heterocycles. The van der Waals surface area contributed by atoms with Crippen LogP contribution in [-0.4, -0.2) is 24.0 Å². The Kier molecular flexibility index (Phi) is 3.30. The Morgan fingerprint density at radius 2 is 2.25 bits per heavy atom. The second-order valence-corrected chi connectivity index (χ2v) is 4.89. The highest BCUT2D eigenvalue weighted by molar-refractivity contribution is 7.12. The van der Waals surface area contributed by atoms with Crippen LogP contribution in [0.4, 0.5) is 0 Å². The van der Waals surface area contributed by atoms with Crippen LogP contribution < -0.4 is 4.74 Å². The summed E-state index contributed by atoms with van der Waals surface area (Å²) < 4.78 is 10.1. The highest BCUT2D eigenvalue weighted by Gasteiger charge is 2.24. The number of pyridine rings is 1. The summed E-state index contributed by atoms with van der Waals surface area (Å²) in [5.74, 6) is 0.408. The van der Waals surface area contributed by atoms with E-state index in [2.05, 4.69) is 9.98 Å². The minimum Gasteiger partial charge on any atom is -0.481 e. The van der Waals surface area contributed by atoms with Gasteiger partial charge in [0.1, 0.15) is 0 Å². The maximum atomic E-state index is 11.8. The molecule has 0 spiro atoms. The van der Waals surface area contributed by atoms with E-state index in [1.165, 1.54) is 11.3 Å². The zero-order chi connectivity index (χ0) is 13.9. The predicted octanol–water partition coefficient (Wildman–Crippen LogP) is 2.50. The van der Waals surface area contributed by atoms with Crippen LogP contribution in [0.3, 0.4) is 0 Å². The number of cyclic esters (lactones) is 1. The fourth-order valence-corrected chi connectivity index (χ4v) is 2.32. The maximum Gasteiger partial charge on any atom is 0.363 e. The molecule has 0 saturated carbocycles. The Balaban J connectivity index is 1.88. The van der Waals surface area contributed by atoms with E-state index in [1.807, 2.05) is 17.5 Å². The molecule has 0 amide bonds. The van der Waals surface area contributed by atoms with Crippen molar-refractivity contribution < 1.29 is 14.3 Å². The van der Waals surface area contributed by atoms with Crippen LogP contribution >= 0.6 is 11.3 Å². The molecule has 3 rings (SSSR count). The van der Waals surface area contributed by atoms with Crippen LogP contribution in [0, 0.1) is 0 Å². The molecule has 0 N–H and O–H groups in total. The molecular formula is C14H10N2O3S. The van der Waals surface area contributed by atoms with Crippen molar-refractivity contribution in [2.24, 2.45) is 4.99 Å². The smallest absolute Gasteiger partial charge is 0.363 e. The second-order valence-electron chi connectivity index (χ2n) is 3.95. The Morgan fingerprint density at radius 3 is 2.90 bits per heavy atom. The van der Waals surface area contributed by atoms with Gasteiger partial charge in [-0.25, -0.2) is 14.8 Å². The van der Waals surface area contributed by atoms with Gasteiger partial charge in [0.15, 0.2) is 5.70 Å². The van der Waals surface area contributed by atoms with Gasteiger partial charge in [-0.15, -0.1) is 11.3 Å². The largest absolute Gasteiger partial charge is 0.481 e. The third-order valence-corrected chi connectivity index (χ3v) is 3.48. The molecule has 0 saturated heterocycles. The van der Waals surface area contributed by atoms with Gasteiger partial charge in [0.25, 0.3) is 0 Å². The summed E-state index contributed by atoms with van der Waals surface area (Å²) in [6, 6.07) is 7.25. The molecule has 0 fully saturated rings. The van der Waals surface area contributed by atoms with Gasteiger partial charge in [-0.05, 0) is 29.2 Å². The molecule has 6 heteroatoms. The lowest BCUT2D eigenvalue weighted by atomic mass is 10.2. The molecule has 1 aliphatic rings. The van der Waals surface area contributed by atoms with Crippen LogP contribution in [0.15, 0.2) is 46.5 Å². The van der Waals surface area contributed by atoms with E-state index < -0.39 is 5.97 Å². The molecule has 0 aliphatic carbocycles. The van der Waals surface area contributed by atoms with Crippen LogP contribution in [0.5, 0.6) is 5.88 Å². The van der Waals surface area contributed by atoms with Gasteiger partial charge >= 0.3 is 5.97 Å². The Labute approximate surface area is 119 Å². The Hall–Kier alpha value is -2.47. The molecule has 2 aromatic rings. The quantitative estimate of drug-likeness (QED) is 0.642. The molecule has 100 valence electrons. The fraction of sp³-hybridized carbons (Fsp3) is 0.0714. The number of ether oxygens (including phenoxy) is 2. The van der Waals surface area contributed by atoms with E-state index in [4.69, 9.17) is 9.47 Å². The minimum absolute atomic E-state index is 0.264. The zero-order valence-electron chi connectivity index (χ0n) is 10.6. The van der Waals surface area contributed by atoms with Crippen molar-refractivity contribution in [1.29, 1.82) is 0 Å². The average Bonchev–Trinajstić information content (AvgIpc) is 3.10. The third kappa shape index (κ3) is 2.46. The van der Waals surface area contributed by atoms with Crippen molar-refractivity contribution in [3.05, 3.63) is 52.0 Å². The lowest BCUT2D eigenvalue weighted by molar-refractivity contribution is -0.129. The number of methoxy groups -OCH3 is 1. The molecule has 20 heavy (non-hydrogen) atoms. The SMILES string of the molecule is COc1ccc(/C=C2/N=C(c3cccs3)OC2=O)cn1. The van der Waals surface area contributed by atoms with Crippen molar-refractivity contribution in [2.75, 3.05) is 7.11 Å². The standard InChI is InChI=1S/C14H10N2O3S/c1-18-12-5-4-9(8-15-12)7-10-14(17)19-13(16-10)11-3-2-6-20-11/h2-8H,1H3/b10-7+. The lowest BCUT2D eigenvalue weighted by Crippen LogP contribution is -2.03. The predicted molar refractivity (Wildman–Crippen MR) is 75.7 cm³/mol.